The number of anilines is 2. The third-order valence-electron chi connectivity index (χ3n) is 3.53. The molecule has 140 valence electrons. The molecule has 9 heteroatoms. The van der Waals surface area contributed by atoms with Gasteiger partial charge in [-0.1, -0.05) is 23.1 Å². The van der Waals surface area contributed by atoms with Gasteiger partial charge in [-0.15, -0.1) is 10.2 Å². The van der Waals surface area contributed by atoms with Gasteiger partial charge in [0, 0.05) is 30.9 Å². The first-order valence-electron chi connectivity index (χ1n) is 8.46. The van der Waals surface area contributed by atoms with Crippen LogP contribution in [0.5, 0.6) is 0 Å². The molecule has 0 saturated heterocycles. The van der Waals surface area contributed by atoms with Gasteiger partial charge < -0.3 is 15.5 Å². The quantitative estimate of drug-likeness (QED) is 0.636. The number of thioether (sulfide) groups is 1. The maximum Gasteiger partial charge on any atom is 0.253 e. The highest BCUT2D eigenvalue weighted by Crippen LogP contribution is 2.25. The van der Waals surface area contributed by atoms with Crippen LogP contribution in [0.1, 0.15) is 31.1 Å². The summed E-state index contributed by atoms with van der Waals surface area (Å²) in [5.41, 5.74) is 1.28. The van der Waals surface area contributed by atoms with Crippen molar-refractivity contribution in [3.8, 4) is 0 Å². The van der Waals surface area contributed by atoms with E-state index in [1.54, 1.807) is 29.2 Å². The number of nitrogens with zero attached hydrogens (tertiary/aromatic N) is 3. The maximum atomic E-state index is 12.3. The average molecular weight is 394 g/mol. The molecule has 0 fully saturated rings. The first-order chi connectivity index (χ1) is 12.6. The SMILES string of the molecule is CCNc1nnc(SCC(=O)Nc2ccc(C(=O)N(CC)CC)cc2)s1. The van der Waals surface area contributed by atoms with Gasteiger partial charge in [-0.2, -0.15) is 0 Å². The van der Waals surface area contributed by atoms with E-state index in [1.807, 2.05) is 20.8 Å². The molecule has 1 heterocycles. The Labute approximate surface area is 161 Å². The maximum absolute atomic E-state index is 12.3. The van der Waals surface area contributed by atoms with E-state index in [4.69, 9.17) is 0 Å². The fraction of sp³-hybridized carbons (Fsp3) is 0.412. The van der Waals surface area contributed by atoms with Gasteiger partial charge in [0.2, 0.25) is 11.0 Å². The van der Waals surface area contributed by atoms with Crippen molar-refractivity contribution in [2.24, 2.45) is 0 Å². The van der Waals surface area contributed by atoms with Crippen molar-refractivity contribution in [2.75, 3.05) is 36.0 Å². The zero-order chi connectivity index (χ0) is 18.9. The summed E-state index contributed by atoms with van der Waals surface area (Å²) in [6.07, 6.45) is 0. The fourth-order valence-electron chi connectivity index (χ4n) is 2.20. The Kier molecular flexibility index (Phi) is 7.86. The lowest BCUT2D eigenvalue weighted by Crippen LogP contribution is -2.30. The molecule has 7 nitrogen and oxygen atoms in total. The Morgan fingerprint density at radius 3 is 2.42 bits per heavy atom. The van der Waals surface area contributed by atoms with Gasteiger partial charge in [-0.25, -0.2) is 0 Å². The van der Waals surface area contributed by atoms with Crippen LogP contribution in [0.2, 0.25) is 0 Å². The van der Waals surface area contributed by atoms with Crippen molar-refractivity contribution in [1.82, 2.24) is 15.1 Å². The molecule has 1 aromatic carbocycles. The molecular formula is C17H23N5O2S2. The highest BCUT2D eigenvalue weighted by Gasteiger charge is 2.13. The van der Waals surface area contributed by atoms with E-state index in [0.29, 0.717) is 24.3 Å². The summed E-state index contributed by atoms with van der Waals surface area (Å²) in [5, 5.41) is 14.7. The van der Waals surface area contributed by atoms with Gasteiger partial charge in [0.15, 0.2) is 4.34 Å². The van der Waals surface area contributed by atoms with E-state index in [-0.39, 0.29) is 17.6 Å². The largest absolute Gasteiger partial charge is 0.360 e. The Balaban J connectivity index is 1.85. The van der Waals surface area contributed by atoms with Crippen LogP contribution in [0.25, 0.3) is 0 Å². The molecular weight excluding hydrogens is 370 g/mol. The lowest BCUT2D eigenvalue weighted by molar-refractivity contribution is -0.113. The standard InChI is InChI=1S/C17H23N5O2S2/c1-4-18-16-20-21-17(26-16)25-11-14(23)19-13-9-7-12(8-10-13)15(24)22(5-2)6-3/h7-10H,4-6,11H2,1-3H3,(H,18,20)(H,19,23). The topological polar surface area (TPSA) is 87.2 Å². The van der Waals surface area contributed by atoms with Gasteiger partial charge >= 0.3 is 0 Å². The van der Waals surface area contributed by atoms with E-state index in [0.717, 1.165) is 16.0 Å². The molecule has 0 aliphatic rings. The van der Waals surface area contributed by atoms with Crippen LogP contribution in [0, 0.1) is 0 Å². The molecule has 26 heavy (non-hydrogen) atoms. The second-order valence-electron chi connectivity index (χ2n) is 5.30. The number of benzene rings is 1. The van der Waals surface area contributed by atoms with Gasteiger partial charge in [0.25, 0.3) is 5.91 Å². The minimum atomic E-state index is -0.127. The third-order valence-corrected chi connectivity index (χ3v) is 5.54. The minimum Gasteiger partial charge on any atom is -0.360 e. The number of hydrogen-bond acceptors (Lipinski definition) is 7. The predicted molar refractivity (Wildman–Crippen MR) is 107 cm³/mol. The third kappa shape index (κ3) is 5.70. The van der Waals surface area contributed by atoms with Crippen molar-refractivity contribution in [2.45, 2.75) is 25.1 Å². The Bertz CT molecular complexity index is 729. The van der Waals surface area contributed by atoms with Crippen LogP contribution in [0.3, 0.4) is 0 Å². The number of carbonyl (C=O) groups excluding carboxylic acids is 2. The number of carbonyl (C=O) groups is 2. The van der Waals surface area contributed by atoms with Crippen molar-refractivity contribution in [3.63, 3.8) is 0 Å². The van der Waals surface area contributed by atoms with Crippen LogP contribution in [0.4, 0.5) is 10.8 Å². The summed E-state index contributed by atoms with van der Waals surface area (Å²) in [5.74, 6) is 0.121. The summed E-state index contributed by atoms with van der Waals surface area (Å²) in [6, 6.07) is 6.95. The molecule has 0 spiro atoms. The highest BCUT2D eigenvalue weighted by atomic mass is 32.2. The summed E-state index contributed by atoms with van der Waals surface area (Å²) in [7, 11) is 0. The monoisotopic (exact) mass is 393 g/mol. The van der Waals surface area contributed by atoms with E-state index < -0.39 is 0 Å². The molecule has 2 aromatic rings. The molecule has 2 rings (SSSR count). The molecule has 0 aliphatic heterocycles. The zero-order valence-corrected chi connectivity index (χ0v) is 16.7. The minimum absolute atomic E-state index is 0.00352. The number of rotatable bonds is 9. The van der Waals surface area contributed by atoms with E-state index >= 15 is 0 Å². The van der Waals surface area contributed by atoms with Gasteiger partial charge in [0.1, 0.15) is 0 Å². The van der Waals surface area contributed by atoms with Crippen molar-refractivity contribution in [1.29, 1.82) is 0 Å². The Hall–Kier alpha value is -2.13. The van der Waals surface area contributed by atoms with E-state index in [2.05, 4.69) is 20.8 Å². The van der Waals surface area contributed by atoms with Gasteiger partial charge in [-0.3, -0.25) is 9.59 Å². The van der Waals surface area contributed by atoms with Crippen molar-refractivity contribution in [3.05, 3.63) is 29.8 Å². The molecule has 1 aromatic heterocycles. The molecule has 0 atom stereocenters. The highest BCUT2D eigenvalue weighted by molar-refractivity contribution is 8.01. The Morgan fingerprint density at radius 2 is 1.81 bits per heavy atom. The number of nitrogens with one attached hydrogen (secondary N) is 2. The van der Waals surface area contributed by atoms with Crippen molar-refractivity contribution >= 4 is 45.7 Å². The summed E-state index contributed by atoms with van der Waals surface area (Å²) < 4.78 is 0.747. The second-order valence-corrected chi connectivity index (χ2v) is 7.50. The van der Waals surface area contributed by atoms with Crippen LogP contribution < -0.4 is 10.6 Å². The number of aromatic nitrogens is 2. The molecule has 0 aliphatic carbocycles. The number of hydrogen-bond donors (Lipinski definition) is 2. The second kappa shape index (κ2) is 10.1. The average Bonchev–Trinajstić information content (AvgIpc) is 3.09. The Morgan fingerprint density at radius 1 is 1.12 bits per heavy atom. The fourth-order valence-corrected chi connectivity index (χ4v) is 3.82. The van der Waals surface area contributed by atoms with Crippen LogP contribution in [0.15, 0.2) is 28.6 Å². The van der Waals surface area contributed by atoms with Crippen LogP contribution in [-0.2, 0) is 4.79 Å². The molecule has 0 unspecified atom stereocenters. The summed E-state index contributed by atoms with van der Waals surface area (Å²) in [4.78, 5) is 26.1. The molecule has 0 bridgehead atoms. The van der Waals surface area contributed by atoms with E-state index in [1.165, 1.54) is 23.1 Å². The zero-order valence-electron chi connectivity index (χ0n) is 15.1. The normalized spacial score (nSPS) is 10.4. The lowest BCUT2D eigenvalue weighted by atomic mass is 10.2. The molecule has 2 N–H and O–H groups in total. The number of amides is 2. The first kappa shape index (κ1) is 20.2. The molecule has 2 amide bonds. The van der Waals surface area contributed by atoms with Gasteiger partial charge in [0.05, 0.1) is 5.75 Å². The molecule has 0 saturated carbocycles. The van der Waals surface area contributed by atoms with Crippen molar-refractivity contribution < 1.29 is 9.59 Å². The first-order valence-corrected chi connectivity index (χ1v) is 10.3. The lowest BCUT2D eigenvalue weighted by Gasteiger charge is -2.18. The predicted octanol–water partition coefficient (Wildman–Crippen LogP) is 3.18. The van der Waals surface area contributed by atoms with Gasteiger partial charge in [-0.05, 0) is 45.0 Å². The smallest absolute Gasteiger partial charge is 0.253 e. The van der Waals surface area contributed by atoms with E-state index in [9.17, 15) is 9.59 Å². The molecule has 0 radical (unpaired) electrons. The summed E-state index contributed by atoms with van der Waals surface area (Å²) >= 11 is 2.77. The summed E-state index contributed by atoms with van der Waals surface area (Å²) in [6.45, 7) is 8.02. The van der Waals surface area contributed by atoms with Crippen LogP contribution in [-0.4, -0.2) is 52.3 Å². The van der Waals surface area contributed by atoms with Crippen LogP contribution >= 0.6 is 23.1 Å².